The molecular weight excluding hydrogens is 442 g/mol. The zero-order valence-electron chi connectivity index (χ0n) is 19.2. The molecule has 4 nitrogen and oxygen atoms in total. The smallest absolute Gasteiger partial charge is 0.235 e. The van der Waals surface area contributed by atoms with E-state index in [2.05, 4.69) is 77.4 Å². The summed E-state index contributed by atoms with van der Waals surface area (Å²) in [6, 6.07) is 39.7. The molecular formula is C32H19N3O. The van der Waals surface area contributed by atoms with Gasteiger partial charge >= 0.3 is 0 Å². The Morgan fingerprint density at radius 2 is 1.33 bits per heavy atom. The lowest BCUT2D eigenvalue weighted by Gasteiger charge is -2.20. The van der Waals surface area contributed by atoms with E-state index in [-0.39, 0.29) is 0 Å². The molecule has 0 saturated carbocycles. The van der Waals surface area contributed by atoms with Gasteiger partial charge < -0.3 is 4.74 Å². The van der Waals surface area contributed by atoms with Crippen LogP contribution < -0.4 is 4.74 Å². The molecule has 2 aromatic heterocycles. The fourth-order valence-corrected chi connectivity index (χ4v) is 5.39. The molecule has 7 aromatic rings. The summed E-state index contributed by atoms with van der Waals surface area (Å²) in [6.07, 6.45) is 0. The van der Waals surface area contributed by atoms with Crippen molar-refractivity contribution >= 4 is 32.7 Å². The monoisotopic (exact) mass is 461 g/mol. The molecule has 1 aliphatic rings. The Labute approximate surface area is 207 Å². The van der Waals surface area contributed by atoms with Crippen molar-refractivity contribution in [1.82, 2.24) is 14.5 Å². The van der Waals surface area contributed by atoms with Gasteiger partial charge in [0, 0.05) is 16.3 Å². The summed E-state index contributed by atoms with van der Waals surface area (Å²) in [5, 5.41) is 3.31. The second-order valence-corrected chi connectivity index (χ2v) is 9.07. The van der Waals surface area contributed by atoms with Gasteiger partial charge in [0.25, 0.3) is 0 Å². The highest BCUT2D eigenvalue weighted by atomic mass is 16.5. The van der Waals surface area contributed by atoms with E-state index in [1.807, 2.05) is 42.5 Å². The predicted octanol–water partition coefficient (Wildman–Crippen LogP) is 8.17. The molecule has 4 heteroatoms. The summed E-state index contributed by atoms with van der Waals surface area (Å²) < 4.78 is 8.37. The van der Waals surface area contributed by atoms with Crippen LogP contribution in [0.3, 0.4) is 0 Å². The molecule has 0 spiro atoms. The quantitative estimate of drug-likeness (QED) is 0.261. The van der Waals surface area contributed by atoms with Crippen molar-refractivity contribution in [3.05, 3.63) is 115 Å². The molecule has 36 heavy (non-hydrogen) atoms. The van der Waals surface area contributed by atoms with Crippen LogP contribution in [0.25, 0.3) is 61.0 Å². The number of nitrogens with zero attached hydrogens (tertiary/aromatic N) is 3. The molecule has 0 radical (unpaired) electrons. The van der Waals surface area contributed by atoms with Crippen molar-refractivity contribution in [1.29, 1.82) is 0 Å². The molecule has 0 aliphatic carbocycles. The van der Waals surface area contributed by atoms with Crippen LogP contribution in [0.1, 0.15) is 0 Å². The molecule has 0 amide bonds. The first-order valence-electron chi connectivity index (χ1n) is 12.0. The van der Waals surface area contributed by atoms with Crippen molar-refractivity contribution in [3.63, 3.8) is 0 Å². The van der Waals surface area contributed by atoms with Crippen molar-refractivity contribution in [3.8, 4) is 39.8 Å². The van der Waals surface area contributed by atoms with Gasteiger partial charge in [0.05, 0.1) is 27.6 Å². The molecule has 0 saturated heterocycles. The first kappa shape index (κ1) is 19.4. The van der Waals surface area contributed by atoms with E-state index in [0.29, 0.717) is 5.95 Å². The summed E-state index contributed by atoms with van der Waals surface area (Å²) >= 11 is 0. The number of rotatable bonds is 2. The standard InChI is InChI=1S/C32H19N3O/c1-2-9-20(10-3-1)21-17-18-27-24(19-21)22-11-4-6-14-26(22)35(27)32-33-25-13-8-16-29-30(25)31(34-32)23-12-5-7-15-28(23)36-29/h1-19H. The van der Waals surface area contributed by atoms with Crippen LogP contribution in [0.2, 0.25) is 0 Å². The minimum absolute atomic E-state index is 0.657. The lowest BCUT2D eigenvalue weighted by molar-refractivity contribution is 0.486. The molecule has 0 bridgehead atoms. The number of fused-ring (bicyclic) bond motifs is 5. The molecule has 0 atom stereocenters. The fraction of sp³-hybridized carbons (Fsp3) is 0. The average Bonchev–Trinajstić information content (AvgIpc) is 3.27. The molecule has 0 unspecified atom stereocenters. The normalized spacial score (nSPS) is 12.1. The number of ether oxygens (including phenoxy) is 1. The molecule has 3 heterocycles. The molecule has 0 fully saturated rings. The summed E-state index contributed by atoms with van der Waals surface area (Å²) in [5.41, 5.74) is 7.31. The van der Waals surface area contributed by atoms with Crippen LogP contribution in [-0.4, -0.2) is 14.5 Å². The maximum atomic E-state index is 6.19. The minimum Gasteiger partial charge on any atom is -0.456 e. The van der Waals surface area contributed by atoms with Gasteiger partial charge in [-0.25, -0.2) is 9.97 Å². The highest BCUT2D eigenvalue weighted by Gasteiger charge is 2.24. The third-order valence-electron chi connectivity index (χ3n) is 7.02. The van der Waals surface area contributed by atoms with Gasteiger partial charge in [0.1, 0.15) is 11.5 Å². The van der Waals surface area contributed by atoms with Gasteiger partial charge in [0.2, 0.25) is 5.95 Å². The number of aromatic nitrogens is 3. The second-order valence-electron chi connectivity index (χ2n) is 9.07. The topological polar surface area (TPSA) is 39.9 Å². The summed E-state index contributed by atoms with van der Waals surface area (Å²) in [4.78, 5) is 10.2. The van der Waals surface area contributed by atoms with Gasteiger partial charge in [-0.1, -0.05) is 72.8 Å². The molecule has 5 aromatic carbocycles. The van der Waals surface area contributed by atoms with Crippen molar-refractivity contribution in [2.24, 2.45) is 0 Å². The fourth-order valence-electron chi connectivity index (χ4n) is 5.39. The Hall–Kier alpha value is -4.96. The third kappa shape index (κ3) is 2.70. The van der Waals surface area contributed by atoms with Crippen molar-refractivity contribution in [2.75, 3.05) is 0 Å². The first-order chi connectivity index (χ1) is 17.8. The number of para-hydroxylation sites is 2. The maximum Gasteiger partial charge on any atom is 0.235 e. The van der Waals surface area contributed by atoms with Crippen LogP contribution in [0.4, 0.5) is 0 Å². The van der Waals surface area contributed by atoms with Crippen LogP contribution in [0.5, 0.6) is 11.5 Å². The molecule has 0 N–H and O–H groups in total. The molecule has 168 valence electrons. The minimum atomic E-state index is 0.657. The van der Waals surface area contributed by atoms with E-state index in [9.17, 15) is 0 Å². The zero-order valence-corrected chi connectivity index (χ0v) is 19.2. The Morgan fingerprint density at radius 1 is 0.556 bits per heavy atom. The summed E-state index contributed by atoms with van der Waals surface area (Å²) in [7, 11) is 0. The summed E-state index contributed by atoms with van der Waals surface area (Å²) in [5.74, 6) is 2.27. The number of benzene rings is 5. The van der Waals surface area contributed by atoms with Gasteiger partial charge in [-0.05, 0) is 53.6 Å². The van der Waals surface area contributed by atoms with Crippen molar-refractivity contribution < 1.29 is 4.74 Å². The summed E-state index contributed by atoms with van der Waals surface area (Å²) in [6.45, 7) is 0. The maximum absolute atomic E-state index is 6.19. The van der Waals surface area contributed by atoms with E-state index in [1.165, 1.54) is 21.9 Å². The highest BCUT2D eigenvalue weighted by Crippen LogP contribution is 2.45. The Balaban J connectivity index is 1.45. The number of hydrogen-bond donors (Lipinski definition) is 0. The number of hydrogen-bond acceptors (Lipinski definition) is 3. The van der Waals surface area contributed by atoms with Gasteiger partial charge in [-0.2, -0.15) is 0 Å². The Kier molecular flexibility index (Phi) is 3.91. The van der Waals surface area contributed by atoms with Crippen molar-refractivity contribution in [2.45, 2.75) is 0 Å². The van der Waals surface area contributed by atoms with Gasteiger partial charge in [-0.3, -0.25) is 4.57 Å². The first-order valence-corrected chi connectivity index (χ1v) is 12.0. The van der Waals surface area contributed by atoms with Crippen LogP contribution in [0.15, 0.2) is 115 Å². The molecule has 1 aliphatic heterocycles. The Bertz CT molecular complexity index is 1970. The van der Waals surface area contributed by atoms with Gasteiger partial charge in [-0.15, -0.1) is 0 Å². The highest BCUT2D eigenvalue weighted by molar-refractivity contribution is 6.10. The Morgan fingerprint density at radius 3 is 2.28 bits per heavy atom. The zero-order chi connectivity index (χ0) is 23.6. The lowest BCUT2D eigenvalue weighted by Crippen LogP contribution is -2.06. The molecule has 8 rings (SSSR count). The SMILES string of the molecule is c1ccc(-c2ccc3c(c2)c2ccccc2n3-c2nc3c4c(cccc4n2)Oc2ccccc2-3)cc1. The van der Waals surface area contributed by atoms with E-state index in [1.54, 1.807) is 0 Å². The largest absolute Gasteiger partial charge is 0.456 e. The van der Waals surface area contributed by atoms with E-state index in [0.717, 1.165) is 44.7 Å². The second kappa shape index (κ2) is 7.27. The van der Waals surface area contributed by atoms with E-state index in [4.69, 9.17) is 14.7 Å². The van der Waals surface area contributed by atoms with E-state index >= 15 is 0 Å². The average molecular weight is 462 g/mol. The lowest BCUT2D eigenvalue weighted by atomic mass is 10.0. The van der Waals surface area contributed by atoms with Crippen LogP contribution >= 0.6 is 0 Å². The third-order valence-corrected chi connectivity index (χ3v) is 7.02. The van der Waals surface area contributed by atoms with E-state index < -0.39 is 0 Å². The van der Waals surface area contributed by atoms with Crippen LogP contribution in [0, 0.1) is 0 Å². The van der Waals surface area contributed by atoms with Gasteiger partial charge in [0.15, 0.2) is 0 Å². The van der Waals surface area contributed by atoms with Crippen LogP contribution in [-0.2, 0) is 0 Å². The predicted molar refractivity (Wildman–Crippen MR) is 145 cm³/mol.